The van der Waals surface area contributed by atoms with Crippen molar-refractivity contribution in [3.8, 4) is 0 Å². The SMILES string of the molecule is Cc1cccc(Cc2cnc(NC(=O)CSc3ccc(F)c(F)c3)s2)c1. The second kappa shape index (κ2) is 8.42. The van der Waals surface area contributed by atoms with Crippen LogP contribution in [0.4, 0.5) is 13.9 Å². The van der Waals surface area contributed by atoms with Gasteiger partial charge in [0.25, 0.3) is 0 Å². The van der Waals surface area contributed by atoms with Crippen LogP contribution in [0.1, 0.15) is 16.0 Å². The van der Waals surface area contributed by atoms with E-state index in [2.05, 4.69) is 22.4 Å². The molecule has 0 spiro atoms. The Balaban J connectivity index is 1.53. The largest absolute Gasteiger partial charge is 0.301 e. The molecule has 1 heterocycles. The first-order chi connectivity index (χ1) is 12.5. The summed E-state index contributed by atoms with van der Waals surface area (Å²) in [6, 6.07) is 11.8. The average Bonchev–Trinajstić information content (AvgIpc) is 3.03. The highest BCUT2D eigenvalue weighted by molar-refractivity contribution is 8.00. The third-order valence-electron chi connectivity index (χ3n) is 3.52. The Hall–Kier alpha value is -2.25. The van der Waals surface area contributed by atoms with Gasteiger partial charge in [-0.05, 0) is 30.7 Å². The van der Waals surface area contributed by atoms with Gasteiger partial charge in [0.2, 0.25) is 5.91 Å². The van der Waals surface area contributed by atoms with Crippen LogP contribution in [0.3, 0.4) is 0 Å². The number of anilines is 1. The lowest BCUT2D eigenvalue weighted by atomic mass is 10.1. The summed E-state index contributed by atoms with van der Waals surface area (Å²) in [6.45, 7) is 2.05. The molecule has 0 bridgehead atoms. The van der Waals surface area contributed by atoms with Crippen molar-refractivity contribution in [3.05, 3.63) is 76.3 Å². The number of aryl methyl sites for hydroxylation is 1. The van der Waals surface area contributed by atoms with Gasteiger partial charge in [-0.25, -0.2) is 13.8 Å². The summed E-state index contributed by atoms with van der Waals surface area (Å²) in [5.41, 5.74) is 2.40. The van der Waals surface area contributed by atoms with Crippen molar-refractivity contribution in [2.45, 2.75) is 18.2 Å². The minimum absolute atomic E-state index is 0.0951. The van der Waals surface area contributed by atoms with Crippen molar-refractivity contribution >= 4 is 34.1 Å². The Bertz CT molecular complexity index is 927. The predicted octanol–water partition coefficient (Wildman–Crippen LogP) is 5.05. The first kappa shape index (κ1) is 18.5. The van der Waals surface area contributed by atoms with Crippen LogP contribution in [0.15, 0.2) is 53.6 Å². The van der Waals surface area contributed by atoms with Gasteiger partial charge in [0.05, 0.1) is 5.75 Å². The van der Waals surface area contributed by atoms with Gasteiger partial charge in [-0.3, -0.25) is 4.79 Å². The first-order valence-corrected chi connectivity index (χ1v) is 9.68. The first-order valence-electron chi connectivity index (χ1n) is 7.87. The molecule has 0 aliphatic carbocycles. The highest BCUT2D eigenvalue weighted by Crippen LogP contribution is 2.23. The number of carbonyl (C=O) groups is 1. The Labute approximate surface area is 158 Å². The molecule has 1 amide bonds. The molecule has 2 aromatic carbocycles. The molecule has 0 aliphatic rings. The molecule has 26 heavy (non-hydrogen) atoms. The van der Waals surface area contributed by atoms with Crippen LogP contribution in [0.2, 0.25) is 0 Å². The molecule has 0 radical (unpaired) electrons. The van der Waals surface area contributed by atoms with Crippen molar-refractivity contribution in [2.75, 3.05) is 11.1 Å². The van der Waals surface area contributed by atoms with Gasteiger partial charge < -0.3 is 5.32 Å². The second-order valence-electron chi connectivity index (χ2n) is 5.71. The lowest BCUT2D eigenvalue weighted by molar-refractivity contribution is -0.113. The van der Waals surface area contributed by atoms with Gasteiger partial charge in [-0.15, -0.1) is 23.1 Å². The highest BCUT2D eigenvalue weighted by atomic mass is 32.2. The quantitative estimate of drug-likeness (QED) is 0.599. The molecule has 0 atom stereocenters. The van der Waals surface area contributed by atoms with Gasteiger partial charge in [-0.2, -0.15) is 0 Å². The monoisotopic (exact) mass is 390 g/mol. The third kappa shape index (κ3) is 5.12. The van der Waals surface area contributed by atoms with Crippen LogP contribution in [0.25, 0.3) is 0 Å². The van der Waals surface area contributed by atoms with Gasteiger partial charge in [0.1, 0.15) is 0 Å². The van der Waals surface area contributed by atoms with Crippen LogP contribution in [-0.4, -0.2) is 16.6 Å². The number of carbonyl (C=O) groups excluding carboxylic acids is 1. The van der Waals surface area contributed by atoms with E-state index in [1.54, 1.807) is 6.20 Å². The number of hydrogen-bond acceptors (Lipinski definition) is 4. The standard InChI is InChI=1S/C19H16F2N2OS2/c1-12-3-2-4-13(7-12)8-15-10-22-19(26-15)23-18(24)11-25-14-5-6-16(20)17(21)9-14/h2-7,9-10H,8,11H2,1H3,(H,22,23,24). The summed E-state index contributed by atoms with van der Waals surface area (Å²) in [7, 11) is 0. The molecule has 7 heteroatoms. The van der Waals surface area contributed by atoms with Gasteiger partial charge in [-0.1, -0.05) is 29.8 Å². The van der Waals surface area contributed by atoms with Crippen molar-refractivity contribution in [1.29, 1.82) is 0 Å². The average molecular weight is 390 g/mol. The van der Waals surface area contributed by atoms with Crippen LogP contribution in [0, 0.1) is 18.6 Å². The van der Waals surface area contributed by atoms with E-state index in [9.17, 15) is 13.6 Å². The van der Waals surface area contributed by atoms with E-state index in [0.29, 0.717) is 10.0 Å². The van der Waals surface area contributed by atoms with E-state index in [4.69, 9.17) is 0 Å². The fourth-order valence-corrected chi connectivity index (χ4v) is 3.93. The van der Waals surface area contributed by atoms with Crippen molar-refractivity contribution in [3.63, 3.8) is 0 Å². The Morgan fingerprint density at radius 2 is 2.04 bits per heavy atom. The number of halogens is 2. The van der Waals surface area contributed by atoms with E-state index in [1.807, 2.05) is 19.1 Å². The Kier molecular flexibility index (Phi) is 6.00. The molecule has 3 aromatic rings. The summed E-state index contributed by atoms with van der Waals surface area (Å²) < 4.78 is 26.1. The summed E-state index contributed by atoms with van der Waals surface area (Å²) >= 11 is 2.57. The molecule has 3 nitrogen and oxygen atoms in total. The minimum Gasteiger partial charge on any atom is -0.301 e. The lowest BCUT2D eigenvalue weighted by Gasteiger charge is -2.03. The zero-order valence-corrected chi connectivity index (χ0v) is 15.6. The highest BCUT2D eigenvalue weighted by Gasteiger charge is 2.09. The summed E-state index contributed by atoms with van der Waals surface area (Å²) in [5, 5.41) is 3.27. The number of thiazole rings is 1. The van der Waals surface area contributed by atoms with Gasteiger partial charge in [0.15, 0.2) is 16.8 Å². The second-order valence-corrected chi connectivity index (χ2v) is 7.87. The van der Waals surface area contributed by atoms with Crippen LogP contribution in [-0.2, 0) is 11.2 Å². The molecule has 1 N–H and O–H groups in total. The van der Waals surface area contributed by atoms with Crippen molar-refractivity contribution in [2.24, 2.45) is 0 Å². The number of nitrogens with one attached hydrogen (secondary N) is 1. The van der Waals surface area contributed by atoms with E-state index in [0.717, 1.165) is 35.2 Å². The maximum Gasteiger partial charge on any atom is 0.236 e. The number of rotatable bonds is 6. The van der Waals surface area contributed by atoms with Gasteiger partial charge in [0, 0.05) is 22.4 Å². The number of aromatic nitrogens is 1. The number of hydrogen-bond donors (Lipinski definition) is 1. The fourth-order valence-electron chi connectivity index (χ4n) is 2.34. The summed E-state index contributed by atoms with van der Waals surface area (Å²) in [5.74, 6) is -1.97. The maximum atomic E-state index is 13.2. The molecule has 0 aliphatic heterocycles. The number of benzene rings is 2. The van der Waals surface area contributed by atoms with Crippen molar-refractivity contribution < 1.29 is 13.6 Å². The predicted molar refractivity (Wildman–Crippen MR) is 102 cm³/mol. The molecule has 0 fully saturated rings. The summed E-state index contributed by atoms with van der Waals surface area (Å²) in [4.78, 5) is 17.8. The molecular formula is C19H16F2N2OS2. The molecule has 0 saturated heterocycles. The molecule has 134 valence electrons. The van der Waals surface area contributed by atoms with Crippen LogP contribution in [0.5, 0.6) is 0 Å². The van der Waals surface area contributed by atoms with Crippen LogP contribution >= 0.6 is 23.1 Å². The minimum atomic E-state index is -0.920. The number of nitrogens with zero attached hydrogens (tertiary/aromatic N) is 1. The molecule has 0 saturated carbocycles. The normalized spacial score (nSPS) is 10.7. The molecule has 1 aromatic heterocycles. The van der Waals surface area contributed by atoms with E-state index < -0.39 is 11.6 Å². The van der Waals surface area contributed by atoms with Crippen molar-refractivity contribution in [1.82, 2.24) is 4.98 Å². The van der Waals surface area contributed by atoms with E-state index in [-0.39, 0.29) is 11.7 Å². The maximum absolute atomic E-state index is 13.2. The topological polar surface area (TPSA) is 42.0 Å². The molecular weight excluding hydrogens is 374 g/mol. The third-order valence-corrected chi connectivity index (χ3v) is 5.43. The smallest absolute Gasteiger partial charge is 0.236 e. The molecule has 0 unspecified atom stereocenters. The fraction of sp³-hybridized carbons (Fsp3) is 0.158. The van der Waals surface area contributed by atoms with Crippen LogP contribution < -0.4 is 5.32 Å². The van der Waals surface area contributed by atoms with E-state index >= 15 is 0 Å². The number of amides is 1. The number of thioether (sulfide) groups is 1. The Morgan fingerprint density at radius 3 is 2.81 bits per heavy atom. The van der Waals surface area contributed by atoms with Gasteiger partial charge >= 0.3 is 0 Å². The summed E-state index contributed by atoms with van der Waals surface area (Å²) in [6.07, 6.45) is 2.52. The zero-order valence-electron chi connectivity index (χ0n) is 14.0. The Morgan fingerprint density at radius 1 is 1.19 bits per heavy atom. The molecule has 3 rings (SSSR count). The zero-order chi connectivity index (χ0) is 18.5. The lowest BCUT2D eigenvalue weighted by Crippen LogP contribution is -2.13. The van der Waals surface area contributed by atoms with E-state index in [1.165, 1.54) is 28.5 Å².